The van der Waals surface area contributed by atoms with Crippen LogP contribution in [0.25, 0.3) is 10.9 Å². The van der Waals surface area contributed by atoms with Crippen LogP contribution in [0.4, 0.5) is 9.18 Å². The molecule has 254 valence electrons. The summed E-state index contributed by atoms with van der Waals surface area (Å²) in [7, 11) is 0. The van der Waals surface area contributed by atoms with Gasteiger partial charge >= 0.3 is 6.09 Å². The molecule has 4 amide bonds. The van der Waals surface area contributed by atoms with Crippen molar-refractivity contribution in [2.24, 2.45) is 17.6 Å². The van der Waals surface area contributed by atoms with Gasteiger partial charge in [0, 0.05) is 29.1 Å². The number of nitrogens with zero attached hydrogens (tertiary/aromatic N) is 1. The SMILES string of the molecule is CCC(C)C(C(=O)N[C@]1(C(=O)N[C@H](C(N)=O)[C@@H](C)CC)CCc2[nH]c3c(Cl)cc(Cl)cc3c2C1)N(CCc1ccccc1F)C(=O)O. The minimum atomic E-state index is -1.59. The highest BCUT2D eigenvalue weighted by molar-refractivity contribution is 6.38. The van der Waals surface area contributed by atoms with Crippen molar-refractivity contribution in [2.45, 2.75) is 83.8 Å². The third-order valence-electron chi connectivity index (χ3n) is 9.52. The molecule has 0 saturated heterocycles. The van der Waals surface area contributed by atoms with Gasteiger partial charge in [-0.1, -0.05) is 81.9 Å². The number of aromatic nitrogens is 1. The molecule has 1 heterocycles. The number of fused-ring (bicyclic) bond motifs is 3. The van der Waals surface area contributed by atoms with Crippen LogP contribution in [0.2, 0.25) is 10.0 Å². The maximum Gasteiger partial charge on any atom is 0.407 e. The molecule has 13 heteroatoms. The van der Waals surface area contributed by atoms with Crippen LogP contribution in [0.15, 0.2) is 36.4 Å². The lowest BCUT2D eigenvalue weighted by atomic mass is 9.78. The highest BCUT2D eigenvalue weighted by Crippen LogP contribution is 2.38. The van der Waals surface area contributed by atoms with Crippen molar-refractivity contribution >= 4 is 57.9 Å². The number of carbonyl (C=O) groups excluding carboxylic acids is 3. The highest BCUT2D eigenvalue weighted by atomic mass is 35.5. The molecule has 2 unspecified atom stereocenters. The topological polar surface area (TPSA) is 158 Å². The number of H-pyrrole nitrogens is 1. The molecule has 5 atom stereocenters. The van der Waals surface area contributed by atoms with Crippen molar-refractivity contribution in [1.82, 2.24) is 20.5 Å². The quantitative estimate of drug-likeness (QED) is 0.158. The lowest BCUT2D eigenvalue weighted by Crippen LogP contribution is -2.67. The summed E-state index contributed by atoms with van der Waals surface area (Å²) in [6.07, 6.45) is 0.179. The van der Waals surface area contributed by atoms with E-state index in [-0.39, 0.29) is 31.7 Å². The van der Waals surface area contributed by atoms with E-state index in [9.17, 15) is 28.7 Å². The first-order valence-electron chi connectivity index (χ1n) is 15.9. The van der Waals surface area contributed by atoms with Gasteiger partial charge in [-0.3, -0.25) is 19.3 Å². The Hall–Kier alpha value is -3.83. The molecule has 47 heavy (non-hydrogen) atoms. The summed E-state index contributed by atoms with van der Waals surface area (Å²) >= 11 is 12.8. The maximum atomic E-state index is 14.4. The van der Waals surface area contributed by atoms with Crippen LogP contribution in [0, 0.1) is 17.7 Å². The van der Waals surface area contributed by atoms with E-state index in [1.54, 1.807) is 44.2 Å². The Morgan fingerprint density at radius 2 is 1.79 bits per heavy atom. The smallest absolute Gasteiger partial charge is 0.407 e. The first-order chi connectivity index (χ1) is 22.2. The first-order valence-corrected chi connectivity index (χ1v) is 16.6. The van der Waals surface area contributed by atoms with Gasteiger partial charge in [-0.15, -0.1) is 0 Å². The molecule has 0 spiro atoms. The second-order valence-corrected chi connectivity index (χ2v) is 13.4. The van der Waals surface area contributed by atoms with Crippen molar-refractivity contribution in [3.05, 3.63) is 69.1 Å². The number of nitrogens with two attached hydrogens (primary N) is 1. The van der Waals surface area contributed by atoms with Gasteiger partial charge in [0.05, 0.1) is 10.5 Å². The highest BCUT2D eigenvalue weighted by Gasteiger charge is 2.47. The van der Waals surface area contributed by atoms with Gasteiger partial charge in [0.1, 0.15) is 23.4 Å². The Morgan fingerprint density at radius 1 is 1.11 bits per heavy atom. The van der Waals surface area contributed by atoms with Gasteiger partial charge in [0.15, 0.2) is 0 Å². The van der Waals surface area contributed by atoms with Gasteiger partial charge in [-0.2, -0.15) is 0 Å². The molecule has 1 aliphatic rings. The van der Waals surface area contributed by atoms with Gasteiger partial charge < -0.3 is 26.5 Å². The third-order valence-corrected chi connectivity index (χ3v) is 10.0. The largest absolute Gasteiger partial charge is 0.465 e. The average molecular weight is 691 g/mol. The van der Waals surface area contributed by atoms with Gasteiger partial charge in [-0.25, -0.2) is 9.18 Å². The molecule has 0 bridgehead atoms. The number of benzene rings is 2. The Morgan fingerprint density at radius 3 is 2.40 bits per heavy atom. The normalized spacial score (nSPS) is 18.4. The number of aromatic amines is 1. The summed E-state index contributed by atoms with van der Waals surface area (Å²) in [5.41, 5.74) is 6.62. The Labute approximate surface area is 283 Å². The molecule has 4 rings (SSSR count). The second kappa shape index (κ2) is 14.9. The second-order valence-electron chi connectivity index (χ2n) is 12.5. The van der Waals surface area contributed by atoms with Gasteiger partial charge in [0.2, 0.25) is 17.7 Å². The Kier molecular flexibility index (Phi) is 11.4. The number of halogens is 3. The number of carbonyl (C=O) groups is 4. The van der Waals surface area contributed by atoms with E-state index in [1.807, 2.05) is 13.8 Å². The average Bonchev–Trinajstić information content (AvgIpc) is 3.39. The molecular formula is C34H42Cl2FN5O5. The minimum Gasteiger partial charge on any atom is -0.465 e. The number of amides is 4. The van der Waals surface area contributed by atoms with Crippen LogP contribution in [-0.2, 0) is 33.6 Å². The van der Waals surface area contributed by atoms with Crippen molar-refractivity contribution < 1.29 is 28.7 Å². The molecule has 0 fully saturated rings. The fourth-order valence-corrected chi connectivity index (χ4v) is 6.91. The summed E-state index contributed by atoms with van der Waals surface area (Å²) in [6, 6.07) is 7.20. The zero-order valence-corrected chi connectivity index (χ0v) is 28.5. The van der Waals surface area contributed by atoms with E-state index in [4.69, 9.17) is 28.9 Å². The van der Waals surface area contributed by atoms with E-state index in [0.717, 1.165) is 16.2 Å². The van der Waals surface area contributed by atoms with Crippen LogP contribution in [0.5, 0.6) is 0 Å². The van der Waals surface area contributed by atoms with Gasteiger partial charge in [-0.05, 0) is 60.4 Å². The zero-order valence-electron chi connectivity index (χ0n) is 27.0. The van der Waals surface area contributed by atoms with E-state index in [2.05, 4.69) is 15.6 Å². The Balaban J connectivity index is 1.76. The first kappa shape index (κ1) is 36.0. The van der Waals surface area contributed by atoms with E-state index >= 15 is 0 Å². The molecule has 10 nitrogen and oxygen atoms in total. The molecule has 2 aromatic carbocycles. The Bertz CT molecular complexity index is 1670. The van der Waals surface area contributed by atoms with Crippen LogP contribution in [0.3, 0.4) is 0 Å². The fourth-order valence-electron chi connectivity index (χ4n) is 6.37. The van der Waals surface area contributed by atoms with E-state index < -0.39 is 53.2 Å². The van der Waals surface area contributed by atoms with Crippen LogP contribution in [-0.4, -0.2) is 63.0 Å². The van der Waals surface area contributed by atoms with Crippen LogP contribution < -0.4 is 16.4 Å². The van der Waals surface area contributed by atoms with Gasteiger partial charge in [0.25, 0.3) is 0 Å². The molecular weight excluding hydrogens is 648 g/mol. The summed E-state index contributed by atoms with van der Waals surface area (Å²) in [5, 5.41) is 17.5. The van der Waals surface area contributed by atoms with Crippen LogP contribution in [0.1, 0.15) is 63.8 Å². The van der Waals surface area contributed by atoms with Crippen molar-refractivity contribution in [2.75, 3.05) is 6.54 Å². The lowest BCUT2D eigenvalue weighted by Gasteiger charge is -2.41. The molecule has 6 N–H and O–H groups in total. The van der Waals surface area contributed by atoms with Crippen molar-refractivity contribution in [3.8, 4) is 0 Å². The van der Waals surface area contributed by atoms with Crippen molar-refractivity contribution in [3.63, 3.8) is 0 Å². The monoisotopic (exact) mass is 689 g/mol. The number of hydrogen-bond acceptors (Lipinski definition) is 4. The van der Waals surface area contributed by atoms with E-state index in [0.29, 0.717) is 45.8 Å². The fraction of sp³-hybridized carbons (Fsp3) is 0.471. The summed E-state index contributed by atoms with van der Waals surface area (Å²) in [5.74, 6) is -3.22. The number of aryl methyl sites for hydroxylation is 1. The number of carboxylic acid groups (broad SMARTS) is 1. The number of nitrogens with one attached hydrogen (secondary N) is 3. The number of rotatable bonds is 13. The summed E-state index contributed by atoms with van der Waals surface area (Å²) in [4.78, 5) is 58.1. The zero-order chi connectivity index (χ0) is 34.6. The predicted octanol–water partition coefficient (Wildman–Crippen LogP) is 5.61. The number of primary amides is 1. The summed E-state index contributed by atoms with van der Waals surface area (Å²) < 4.78 is 14.4. The lowest BCUT2D eigenvalue weighted by molar-refractivity contribution is -0.139. The van der Waals surface area contributed by atoms with E-state index in [1.165, 1.54) is 6.07 Å². The molecule has 0 radical (unpaired) electrons. The number of hydrogen-bond donors (Lipinski definition) is 5. The molecule has 0 aliphatic heterocycles. The molecule has 3 aromatic rings. The van der Waals surface area contributed by atoms with Crippen LogP contribution >= 0.6 is 23.2 Å². The molecule has 1 aromatic heterocycles. The third kappa shape index (κ3) is 7.67. The molecule has 0 saturated carbocycles. The minimum absolute atomic E-state index is 0.0120. The maximum absolute atomic E-state index is 14.4. The molecule has 1 aliphatic carbocycles. The summed E-state index contributed by atoms with van der Waals surface area (Å²) in [6.45, 7) is 7.10. The standard InChI is InChI=1S/C34H42Cl2FN5O5/c1-5-18(3)27(30(38)43)40-32(45)34(13-11-26-23(17-34)22-15-21(35)16-24(36)28(22)39-26)41-31(44)29(19(4)6-2)42(33(46)47)14-12-20-9-7-8-10-25(20)37/h7-10,15-16,18-19,27,29,39H,5-6,11-14,17H2,1-4H3,(H2,38,43)(H,40,45)(H,41,44)(H,46,47)/t18-,19?,27-,29?,34+/m0/s1. The van der Waals surface area contributed by atoms with Crippen molar-refractivity contribution in [1.29, 1.82) is 0 Å². The predicted molar refractivity (Wildman–Crippen MR) is 180 cm³/mol.